The highest BCUT2D eigenvalue weighted by Gasteiger charge is 2.15. The summed E-state index contributed by atoms with van der Waals surface area (Å²) < 4.78 is 0. The quantitative estimate of drug-likeness (QED) is 0.631. The van der Waals surface area contributed by atoms with E-state index >= 15 is 0 Å². The SMILES string of the molecule is CCC(Nc1ccccc1)C(=O)NN=Cc1ccc(Cl)cc1. The van der Waals surface area contributed by atoms with Gasteiger partial charge in [-0.1, -0.05) is 48.9 Å². The molecule has 1 amide bonds. The number of halogens is 1. The molecular formula is C17H18ClN3O. The van der Waals surface area contributed by atoms with Gasteiger partial charge in [0.05, 0.1) is 6.21 Å². The molecule has 0 aliphatic carbocycles. The van der Waals surface area contributed by atoms with Gasteiger partial charge in [-0.05, 0) is 36.2 Å². The molecule has 22 heavy (non-hydrogen) atoms. The minimum Gasteiger partial charge on any atom is -0.374 e. The van der Waals surface area contributed by atoms with Crippen LogP contribution in [0.15, 0.2) is 59.7 Å². The number of benzene rings is 2. The molecule has 0 aliphatic rings. The molecular weight excluding hydrogens is 298 g/mol. The number of anilines is 1. The van der Waals surface area contributed by atoms with E-state index in [0.29, 0.717) is 11.4 Å². The van der Waals surface area contributed by atoms with Crippen molar-refractivity contribution in [2.45, 2.75) is 19.4 Å². The molecule has 2 N–H and O–H groups in total. The normalized spacial score (nSPS) is 12.1. The Hall–Kier alpha value is -2.33. The predicted molar refractivity (Wildman–Crippen MR) is 91.3 cm³/mol. The molecule has 2 rings (SSSR count). The summed E-state index contributed by atoms with van der Waals surface area (Å²) in [5.74, 6) is -0.170. The van der Waals surface area contributed by atoms with E-state index in [1.165, 1.54) is 0 Å². The summed E-state index contributed by atoms with van der Waals surface area (Å²) in [6.07, 6.45) is 2.25. The number of amides is 1. The van der Waals surface area contributed by atoms with Gasteiger partial charge >= 0.3 is 0 Å². The van der Waals surface area contributed by atoms with Gasteiger partial charge in [0.25, 0.3) is 5.91 Å². The molecule has 114 valence electrons. The zero-order chi connectivity index (χ0) is 15.8. The molecule has 0 saturated heterocycles. The van der Waals surface area contributed by atoms with Crippen molar-refractivity contribution < 1.29 is 4.79 Å². The largest absolute Gasteiger partial charge is 0.374 e. The van der Waals surface area contributed by atoms with Crippen molar-refractivity contribution in [1.82, 2.24) is 5.43 Å². The van der Waals surface area contributed by atoms with E-state index in [9.17, 15) is 4.79 Å². The zero-order valence-corrected chi connectivity index (χ0v) is 13.0. The highest BCUT2D eigenvalue weighted by Crippen LogP contribution is 2.09. The molecule has 0 radical (unpaired) electrons. The van der Waals surface area contributed by atoms with Gasteiger partial charge in [-0.3, -0.25) is 4.79 Å². The van der Waals surface area contributed by atoms with E-state index in [1.807, 2.05) is 49.4 Å². The standard InChI is InChI=1S/C17H18ClN3O/c1-2-16(20-15-6-4-3-5-7-15)17(22)21-19-12-13-8-10-14(18)11-9-13/h3-12,16,20H,2H2,1H3,(H,21,22). The fourth-order valence-electron chi connectivity index (χ4n) is 1.89. The molecule has 0 bridgehead atoms. The van der Waals surface area contributed by atoms with Gasteiger partial charge in [-0.2, -0.15) is 5.10 Å². The van der Waals surface area contributed by atoms with Crippen LogP contribution in [0, 0.1) is 0 Å². The highest BCUT2D eigenvalue weighted by molar-refractivity contribution is 6.30. The summed E-state index contributed by atoms with van der Waals surface area (Å²) in [6.45, 7) is 1.95. The first-order valence-corrected chi connectivity index (χ1v) is 7.47. The van der Waals surface area contributed by atoms with E-state index in [2.05, 4.69) is 15.8 Å². The fraction of sp³-hybridized carbons (Fsp3) is 0.176. The Kier molecular flexibility index (Phi) is 5.98. The summed E-state index contributed by atoms with van der Waals surface area (Å²) >= 11 is 5.81. The predicted octanol–water partition coefficient (Wildman–Crippen LogP) is 3.68. The lowest BCUT2D eigenvalue weighted by atomic mass is 10.2. The topological polar surface area (TPSA) is 53.5 Å². The molecule has 5 heteroatoms. The van der Waals surface area contributed by atoms with Crippen molar-refractivity contribution in [1.29, 1.82) is 0 Å². The lowest BCUT2D eigenvalue weighted by molar-refractivity contribution is -0.121. The maximum Gasteiger partial charge on any atom is 0.262 e. The molecule has 2 aromatic rings. The van der Waals surface area contributed by atoms with Crippen LogP contribution in [0.25, 0.3) is 0 Å². The first-order valence-electron chi connectivity index (χ1n) is 7.09. The van der Waals surface area contributed by atoms with Gasteiger partial charge in [0.2, 0.25) is 0 Å². The summed E-state index contributed by atoms with van der Waals surface area (Å²) in [5.41, 5.74) is 4.33. The Balaban J connectivity index is 1.90. The van der Waals surface area contributed by atoms with E-state index in [0.717, 1.165) is 11.3 Å². The Labute approximate surface area is 135 Å². The van der Waals surface area contributed by atoms with E-state index in [1.54, 1.807) is 18.3 Å². The number of hydrogen-bond donors (Lipinski definition) is 2. The van der Waals surface area contributed by atoms with Gasteiger partial charge in [-0.25, -0.2) is 5.43 Å². The Bertz CT molecular complexity index is 626. The van der Waals surface area contributed by atoms with Crippen LogP contribution in [0.3, 0.4) is 0 Å². The number of hydrogen-bond acceptors (Lipinski definition) is 3. The number of para-hydroxylation sites is 1. The lowest BCUT2D eigenvalue weighted by Gasteiger charge is -2.16. The van der Waals surface area contributed by atoms with Crippen LogP contribution in [0.1, 0.15) is 18.9 Å². The Morgan fingerprint density at radius 2 is 1.86 bits per heavy atom. The van der Waals surface area contributed by atoms with Gasteiger partial charge < -0.3 is 5.32 Å². The molecule has 0 aliphatic heterocycles. The van der Waals surface area contributed by atoms with Gasteiger partial charge in [0.1, 0.15) is 6.04 Å². The van der Waals surface area contributed by atoms with Crippen LogP contribution in [0.4, 0.5) is 5.69 Å². The monoisotopic (exact) mass is 315 g/mol. The summed E-state index contributed by atoms with van der Waals surface area (Å²) in [6, 6.07) is 16.5. The van der Waals surface area contributed by atoms with Crippen molar-refractivity contribution >= 4 is 29.4 Å². The van der Waals surface area contributed by atoms with Crippen LogP contribution >= 0.6 is 11.6 Å². The fourth-order valence-corrected chi connectivity index (χ4v) is 2.01. The molecule has 1 atom stereocenters. The van der Waals surface area contributed by atoms with Crippen molar-refractivity contribution in [2.24, 2.45) is 5.10 Å². The lowest BCUT2D eigenvalue weighted by Crippen LogP contribution is -2.36. The second-order valence-corrected chi connectivity index (χ2v) is 5.19. The van der Waals surface area contributed by atoms with Gasteiger partial charge in [0.15, 0.2) is 0 Å². The molecule has 2 aromatic carbocycles. The van der Waals surface area contributed by atoms with Crippen molar-refractivity contribution in [3.63, 3.8) is 0 Å². The third-order valence-electron chi connectivity index (χ3n) is 3.10. The third kappa shape index (κ3) is 4.90. The third-order valence-corrected chi connectivity index (χ3v) is 3.35. The number of nitrogens with one attached hydrogen (secondary N) is 2. The van der Waals surface area contributed by atoms with E-state index in [4.69, 9.17) is 11.6 Å². The molecule has 0 fully saturated rings. The molecule has 4 nitrogen and oxygen atoms in total. The number of carbonyl (C=O) groups is 1. The minimum atomic E-state index is -0.329. The smallest absolute Gasteiger partial charge is 0.262 e. The van der Waals surface area contributed by atoms with Crippen LogP contribution in [-0.4, -0.2) is 18.2 Å². The minimum absolute atomic E-state index is 0.170. The van der Waals surface area contributed by atoms with E-state index < -0.39 is 0 Å². The second-order valence-electron chi connectivity index (χ2n) is 4.76. The molecule has 0 saturated carbocycles. The van der Waals surface area contributed by atoms with Crippen LogP contribution in [0.5, 0.6) is 0 Å². The molecule has 0 heterocycles. The maximum absolute atomic E-state index is 12.1. The average Bonchev–Trinajstić information content (AvgIpc) is 2.55. The second kappa shape index (κ2) is 8.20. The Morgan fingerprint density at radius 3 is 2.50 bits per heavy atom. The zero-order valence-electron chi connectivity index (χ0n) is 12.3. The van der Waals surface area contributed by atoms with Crippen LogP contribution in [0.2, 0.25) is 5.02 Å². The van der Waals surface area contributed by atoms with Crippen molar-refractivity contribution in [3.05, 3.63) is 65.2 Å². The molecule has 0 aromatic heterocycles. The number of nitrogens with zero attached hydrogens (tertiary/aromatic N) is 1. The summed E-state index contributed by atoms with van der Waals surface area (Å²) in [7, 11) is 0. The highest BCUT2D eigenvalue weighted by atomic mass is 35.5. The van der Waals surface area contributed by atoms with Crippen molar-refractivity contribution in [2.75, 3.05) is 5.32 Å². The van der Waals surface area contributed by atoms with Gasteiger partial charge in [0, 0.05) is 10.7 Å². The first-order chi connectivity index (χ1) is 10.7. The van der Waals surface area contributed by atoms with Crippen LogP contribution in [-0.2, 0) is 4.79 Å². The number of hydrazone groups is 1. The molecule has 1 unspecified atom stereocenters. The van der Waals surface area contributed by atoms with E-state index in [-0.39, 0.29) is 11.9 Å². The number of carbonyl (C=O) groups excluding carboxylic acids is 1. The average molecular weight is 316 g/mol. The summed E-state index contributed by atoms with van der Waals surface area (Å²) in [4.78, 5) is 12.1. The maximum atomic E-state index is 12.1. The number of rotatable bonds is 6. The van der Waals surface area contributed by atoms with Crippen molar-refractivity contribution in [3.8, 4) is 0 Å². The van der Waals surface area contributed by atoms with Crippen LogP contribution < -0.4 is 10.7 Å². The Morgan fingerprint density at radius 1 is 1.18 bits per heavy atom. The molecule has 0 spiro atoms. The van der Waals surface area contributed by atoms with Gasteiger partial charge in [-0.15, -0.1) is 0 Å². The first kappa shape index (κ1) is 16.0. The summed E-state index contributed by atoms with van der Waals surface area (Å²) in [5, 5.41) is 7.82.